The number of rotatable bonds is 7. The molecular weight excluding hydrogens is 338 g/mol. The maximum Gasteiger partial charge on any atom is 0.243 e. The van der Waals surface area contributed by atoms with Crippen LogP contribution in [0.5, 0.6) is 0 Å². The molecule has 0 aromatic heterocycles. The second-order valence-electron chi connectivity index (χ2n) is 6.86. The van der Waals surface area contributed by atoms with Crippen LogP contribution in [0.3, 0.4) is 0 Å². The molecule has 146 valence electrons. The lowest BCUT2D eigenvalue weighted by molar-refractivity contribution is -0.115. The van der Waals surface area contributed by atoms with Crippen LogP contribution in [-0.4, -0.2) is 56.0 Å². The largest absolute Gasteiger partial charge is 0.356 e. The number of amides is 1. The maximum atomic E-state index is 12.1. The molecule has 1 amide bonds. The zero-order valence-corrected chi connectivity index (χ0v) is 16.4. The van der Waals surface area contributed by atoms with Crippen molar-refractivity contribution in [2.75, 3.05) is 38.5 Å². The number of anilines is 1. The molecule has 1 aliphatic heterocycles. The van der Waals surface area contributed by atoms with Gasteiger partial charge in [-0.15, -0.1) is 6.42 Å². The third kappa shape index (κ3) is 7.32. The lowest BCUT2D eigenvalue weighted by Gasteiger charge is -2.33. The molecule has 0 saturated carbocycles. The zero-order chi connectivity index (χ0) is 19.5. The molecular formula is C21H31N5O. The van der Waals surface area contributed by atoms with E-state index in [1.54, 1.807) is 13.1 Å². The van der Waals surface area contributed by atoms with E-state index in [0.29, 0.717) is 17.7 Å². The number of carbonyl (C=O) groups excluding carboxylic acids is 1. The predicted octanol–water partition coefficient (Wildman–Crippen LogP) is 2.04. The molecule has 1 aromatic rings. The van der Waals surface area contributed by atoms with E-state index in [9.17, 15) is 4.79 Å². The van der Waals surface area contributed by atoms with Crippen molar-refractivity contribution in [2.45, 2.75) is 38.6 Å². The van der Waals surface area contributed by atoms with Crippen molar-refractivity contribution in [1.29, 1.82) is 0 Å². The average Bonchev–Trinajstić information content (AvgIpc) is 2.68. The standard InChI is InChI=1S/C21H31N5O/c1-4-18-10-7-11-19(15-18)25-20(27)16-24-21(22-3)23-12-8-14-26-13-6-5-9-17(26)2/h1,7,10-11,15,17H,5-6,8-9,12-14,16H2,2-3H3,(H,25,27)(H2,22,23,24). The number of nitrogens with zero attached hydrogens (tertiary/aromatic N) is 2. The Balaban J connectivity index is 1.65. The molecule has 1 unspecified atom stereocenters. The van der Waals surface area contributed by atoms with Gasteiger partial charge in [0.2, 0.25) is 5.91 Å². The van der Waals surface area contributed by atoms with Gasteiger partial charge in [0.25, 0.3) is 0 Å². The van der Waals surface area contributed by atoms with Crippen molar-refractivity contribution in [3.05, 3.63) is 29.8 Å². The second kappa shape index (κ2) is 11.2. The minimum Gasteiger partial charge on any atom is -0.356 e. The third-order valence-corrected chi connectivity index (χ3v) is 4.81. The molecule has 0 aliphatic carbocycles. The van der Waals surface area contributed by atoms with E-state index >= 15 is 0 Å². The number of hydrogen-bond donors (Lipinski definition) is 3. The quantitative estimate of drug-likeness (QED) is 0.298. The van der Waals surface area contributed by atoms with Crippen molar-refractivity contribution in [3.8, 4) is 12.3 Å². The number of hydrogen-bond acceptors (Lipinski definition) is 3. The summed E-state index contributed by atoms with van der Waals surface area (Å²) < 4.78 is 0. The van der Waals surface area contributed by atoms with E-state index < -0.39 is 0 Å². The summed E-state index contributed by atoms with van der Waals surface area (Å²) in [6.45, 7) is 5.58. The Bertz CT molecular complexity index is 679. The Labute approximate surface area is 162 Å². The summed E-state index contributed by atoms with van der Waals surface area (Å²) in [6.07, 6.45) is 10.4. The Hall–Kier alpha value is -2.52. The highest BCUT2D eigenvalue weighted by Gasteiger charge is 2.17. The second-order valence-corrected chi connectivity index (χ2v) is 6.86. The summed E-state index contributed by atoms with van der Waals surface area (Å²) in [5.41, 5.74) is 1.43. The SMILES string of the molecule is C#Cc1cccc(NC(=O)CNC(=NC)NCCCN2CCCCC2C)c1. The molecule has 1 saturated heterocycles. The van der Waals surface area contributed by atoms with Gasteiger partial charge in [-0.05, 0) is 50.9 Å². The van der Waals surface area contributed by atoms with Crippen LogP contribution >= 0.6 is 0 Å². The summed E-state index contributed by atoms with van der Waals surface area (Å²) in [5.74, 6) is 3.04. The molecule has 27 heavy (non-hydrogen) atoms. The molecule has 0 bridgehead atoms. The fraction of sp³-hybridized carbons (Fsp3) is 0.524. The number of likely N-dealkylation sites (tertiary alicyclic amines) is 1. The number of terminal acetylenes is 1. The molecule has 0 radical (unpaired) electrons. The van der Waals surface area contributed by atoms with Gasteiger partial charge in [0.05, 0.1) is 6.54 Å². The summed E-state index contributed by atoms with van der Waals surface area (Å²) >= 11 is 0. The van der Waals surface area contributed by atoms with Crippen LogP contribution in [0.4, 0.5) is 5.69 Å². The van der Waals surface area contributed by atoms with Crippen LogP contribution in [0, 0.1) is 12.3 Å². The maximum absolute atomic E-state index is 12.1. The van der Waals surface area contributed by atoms with Gasteiger partial charge in [-0.3, -0.25) is 9.79 Å². The van der Waals surface area contributed by atoms with E-state index in [1.807, 2.05) is 18.2 Å². The first kappa shape index (κ1) is 20.8. The highest BCUT2D eigenvalue weighted by atomic mass is 16.1. The van der Waals surface area contributed by atoms with Gasteiger partial charge in [0.15, 0.2) is 5.96 Å². The van der Waals surface area contributed by atoms with Gasteiger partial charge in [0.1, 0.15) is 0 Å². The van der Waals surface area contributed by atoms with Gasteiger partial charge in [0, 0.05) is 37.4 Å². The van der Waals surface area contributed by atoms with Gasteiger partial charge in [-0.1, -0.05) is 18.4 Å². The Morgan fingerprint density at radius 2 is 2.22 bits per heavy atom. The minimum atomic E-state index is -0.144. The molecule has 1 fully saturated rings. The average molecular weight is 370 g/mol. The van der Waals surface area contributed by atoms with Crippen molar-refractivity contribution in [1.82, 2.24) is 15.5 Å². The smallest absolute Gasteiger partial charge is 0.243 e. The molecule has 6 heteroatoms. The summed E-state index contributed by atoms with van der Waals surface area (Å²) in [6, 6.07) is 7.92. The van der Waals surface area contributed by atoms with Gasteiger partial charge < -0.3 is 20.9 Å². The van der Waals surface area contributed by atoms with Crippen LogP contribution in [0.25, 0.3) is 0 Å². The molecule has 3 N–H and O–H groups in total. The lowest BCUT2D eigenvalue weighted by atomic mass is 10.0. The number of piperidine rings is 1. The van der Waals surface area contributed by atoms with E-state index in [-0.39, 0.29) is 12.5 Å². The zero-order valence-electron chi connectivity index (χ0n) is 16.4. The third-order valence-electron chi connectivity index (χ3n) is 4.81. The van der Waals surface area contributed by atoms with Crippen LogP contribution in [-0.2, 0) is 4.79 Å². The molecule has 2 rings (SSSR count). The van der Waals surface area contributed by atoms with Crippen molar-refractivity contribution < 1.29 is 4.79 Å². The number of guanidine groups is 1. The first-order valence-corrected chi connectivity index (χ1v) is 9.67. The first-order chi connectivity index (χ1) is 13.1. The highest BCUT2D eigenvalue weighted by molar-refractivity contribution is 5.95. The molecule has 6 nitrogen and oxygen atoms in total. The Kier molecular flexibility index (Phi) is 8.66. The normalized spacial score (nSPS) is 17.8. The van der Waals surface area contributed by atoms with Gasteiger partial charge in [-0.25, -0.2) is 0 Å². The number of nitrogens with one attached hydrogen (secondary N) is 3. The van der Waals surface area contributed by atoms with Crippen LogP contribution in [0.1, 0.15) is 38.2 Å². The van der Waals surface area contributed by atoms with Crippen LogP contribution < -0.4 is 16.0 Å². The van der Waals surface area contributed by atoms with Crippen LogP contribution in [0.15, 0.2) is 29.3 Å². The first-order valence-electron chi connectivity index (χ1n) is 9.67. The van der Waals surface area contributed by atoms with E-state index in [4.69, 9.17) is 6.42 Å². The summed E-state index contributed by atoms with van der Waals surface area (Å²) in [7, 11) is 1.70. The molecule has 1 atom stereocenters. The minimum absolute atomic E-state index is 0.142. The molecule has 1 aliphatic rings. The fourth-order valence-corrected chi connectivity index (χ4v) is 3.26. The predicted molar refractivity (Wildman–Crippen MR) is 112 cm³/mol. The molecule has 1 heterocycles. The molecule has 1 aromatic carbocycles. The van der Waals surface area contributed by atoms with E-state index in [0.717, 1.165) is 25.1 Å². The highest BCUT2D eigenvalue weighted by Crippen LogP contribution is 2.16. The van der Waals surface area contributed by atoms with Gasteiger partial charge in [-0.2, -0.15) is 0 Å². The van der Waals surface area contributed by atoms with Gasteiger partial charge >= 0.3 is 0 Å². The van der Waals surface area contributed by atoms with E-state index in [2.05, 4.69) is 38.7 Å². The monoisotopic (exact) mass is 369 g/mol. The van der Waals surface area contributed by atoms with Crippen LogP contribution in [0.2, 0.25) is 0 Å². The fourth-order valence-electron chi connectivity index (χ4n) is 3.26. The number of carbonyl (C=O) groups is 1. The number of aliphatic imine (C=N–C) groups is 1. The molecule has 0 spiro atoms. The lowest BCUT2D eigenvalue weighted by Crippen LogP contribution is -2.43. The van der Waals surface area contributed by atoms with Crippen molar-refractivity contribution in [2.24, 2.45) is 4.99 Å². The topological polar surface area (TPSA) is 68.8 Å². The Morgan fingerprint density at radius 3 is 2.96 bits per heavy atom. The van der Waals surface area contributed by atoms with Crippen molar-refractivity contribution >= 4 is 17.6 Å². The Morgan fingerprint density at radius 1 is 1.37 bits per heavy atom. The summed E-state index contributed by atoms with van der Waals surface area (Å²) in [4.78, 5) is 18.8. The van der Waals surface area contributed by atoms with E-state index in [1.165, 1.54) is 25.8 Å². The van der Waals surface area contributed by atoms with Crippen molar-refractivity contribution in [3.63, 3.8) is 0 Å². The number of benzene rings is 1. The summed E-state index contributed by atoms with van der Waals surface area (Å²) in [5, 5.41) is 9.13.